The van der Waals surface area contributed by atoms with E-state index in [0.717, 1.165) is 0 Å². The van der Waals surface area contributed by atoms with Gasteiger partial charge in [-0.2, -0.15) is 0 Å². The molecule has 9 nitrogen and oxygen atoms in total. The lowest BCUT2D eigenvalue weighted by atomic mass is 10.7. The van der Waals surface area contributed by atoms with Crippen molar-refractivity contribution in [2.45, 2.75) is 0 Å². The largest absolute Gasteiger partial charge is 0.349 e. The van der Waals surface area contributed by atoms with Gasteiger partial charge in [-0.15, -0.1) is 0 Å². The topological polar surface area (TPSA) is 91.0 Å². The van der Waals surface area contributed by atoms with Crippen LogP contribution in [0.15, 0.2) is 0 Å². The zero-order chi connectivity index (χ0) is 20.2. The molecule has 0 saturated carbocycles. The molecule has 25 heavy (non-hydrogen) atoms. The van der Waals surface area contributed by atoms with Crippen LogP contribution in [0.3, 0.4) is 0 Å². The highest BCUT2D eigenvalue weighted by molar-refractivity contribution is 6.92. The summed E-state index contributed by atoms with van der Waals surface area (Å²) in [6, 6.07) is 0. The Balaban J connectivity index is -0.000000130. The van der Waals surface area contributed by atoms with Crippen molar-refractivity contribution < 1.29 is 0 Å². The van der Waals surface area contributed by atoms with Gasteiger partial charge in [0.2, 0.25) is 0 Å². The van der Waals surface area contributed by atoms with Crippen LogP contribution in [0.25, 0.3) is 0 Å². The van der Waals surface area contributed by atoms with Gasteiger partial charge in [0, 0.05) is 94.5 Å². The molecule has 3 N–H and O–H groups in total. The summed E-state index contributed by atoms with van der Waals surface area (Å²) in [5.41, 5.74) is 0. The molecule has 0 aliphatic heterocycles. The van der Waals surface area contributed by atoms with Gasteiger partial charge in [-0.3, -0.25) is 16.2 Å². The number of rotatable bonds is 0. The van der Waals surface area contributed by atoms with E-state index in [1.54, 1.807) is 29.4 Å². The molecule has 0 atom stereocenters. The lowest BCUT2D eigenvalue weighted by Crippen LogP contribution is -2.34. The molecule has 0 aliphatic rings. The first-order valence-electron chi connectivity index (χ1n) is 7.46. The van der Waals surface area contributed by atoms with Crippen LogP contribution >= 0.6 is 9.90 Å². The minimum Gasteiger partial charge on any atom is -0.349 e. The van der Waals surface area contributed by atoms with E-state index in [9.17, 15) is 0 Å². The lowest BCUT2D eigenvalue weighted by molar-refractivity contribution is 0.478. The van der Waals surface area contributed by atoms with Crippen LogP contribution in [0, 0.1) is 16.2 Å². The predicted molar refractivity (Wildman–Crippen MR) is 112 cm³/mol. The van der Waals surface area contributed by atoms with E-state index in [0.29, 0.717) is 17.9 Å². The maximum Gasteiger partial charge on any atom is 0.192 e. The number of hydrogen-bond donors (Lipinski definition) is 3. The standard InChI is InChI=1S/3C5H13N3.P/c3*1-7(2)5(6)8(3)4;/h3*6H,1-4H3;. The molecule has 0 amide bonds. The molecule has 0 aromatic carbocycles. The van der Waals surface area contributed by atoms with E-state index in [1.165, 1.54) is 0 Å². The van der Waals surface area contributed by atoms with Gasteiger partial charge >= 0.3 is 0 Å². The molecule has 0 fully saturated rings. The van der Waals surface area contributed by atoms with Crippen LogP contribution < -0.4 is 0 Å². The average Bonchev–Trinajstić information content (AvgIpc) is 2.45. The fraction of sp³-hybridized carbons (Fsp3) is 0.800. The molecule has 0 spiro atoms. The average molecular weight is 377 g/mol. The van der Waals surface area contributed by atoms with Crippen LogP contribution in [-0.4, -0.2) is 132 Å². The highest BCUT2D eigenvalue weighted by Gasteiger charge is 1.98. The molecule has 0 aromatic rings. The van der Waals surface area contributed by atoms with E-state index >= 15 is 0 Å². The number of hydrogen-bond acceptors (Lipinski definition) is 3. The summed E-state index contributed by atoms with van der Waals surface area (Å²) < 4.78 is 0. The molecular formula is C15H39N9P. The Morgan fingerprint density at radius 3 is 0.440 bits per heavy atom. The fourth-order valence-corrected chi connectivity index (χ4v) is 1.20. The fourth-order valence-electron chi connectivity index (χ4n) is 1.20. The van der Waals surface area contributed by atoms with E-state index in [4.69, 9.17) is 16.2 Å². The van der Waals surface area contributed by atoms with Gasteiger partial charge < -0.3 is 29.4 Å². The molecule has 0 rings (SSSR count). The maximum atomic E-state index is 7.25. The second-order valence-corrected chi connectivity index (χ2v) is 6.34. The molecule has 0 saturated heterocycles. The summed E-state index contributed by atoms with van der Waals surface area (Å²) in [6.07, 6.45) is 0. The number of nitrogens with zero attached hydrogens (tertiary/aromatic N) is 6. The highest BCUT2D eigenvalue weighted by Crippen LogP contribution is 1.82. The van der Waals surface area contributed by atoms with Crippen LogP contribution in [0.4, 0.5) is 0 Å². The van der Waals surface area contributed by atoms with E-state index in [2.05, 4.69) is 0 Å². The molecule has 0 aliphatic carbocycles. The van der Waals surface area contributed by atoms with E-state index < -0.39 is 0 Å². The first kappa shape index (κ1) is 31.1. The van der Waals surface area contributed by atoms with Crippen molar-refractivity contribution in [1.82, 2.24) is 29.4 Å². The highest BCUT2D eigenvalue weighted by atomic mass is 31.0. The van der Waals surface area contributed by atoms with E-state index in [-0.39, 0.29) is 9.90 Å². The molecule has 0 unspecified atom stereocenters. The summed E-state index contributed by atoms with van der Waals surface area (Å²) in [5.74, 6) is 1.56. The Labute approximate surface area is 158 Å². The van der Waals surface area contributed by atoms with Crippen LogP contribution in [-0.2, 0) is 0 Å². The van der Waals surface area contributed by atoms with E-state index in [1.807, 2.05) is 84.6 Å². The first-order chi connectivity index (χ1) is 10.7. The number of nitrogens with one attached hydrogen (secondary N) is 3. The van der Waals surface area contributed by atoms with Gasteiger partial charge in [0.15, 0.2) is 17.9 Å². The summed E-state index contributed by atoms with van der Waals surface area (Å²) in [6.45, 7) is 0. The predicted octanol–water partition coefficient (Wildman–Crippen LogP) is 0.994. The SMILES string of the molecule is CN(C)C(=N)N(C)C.CN(C)C(=N)N(C)C.CN(C)C(=N)N(C)C.[P]. The van der Waals surface area contributed by atoms with Crippen molar-refractivity contribution in [3.05, 3.63) is 0 Å². The Hall–Kier alpha value is -1.76. The van der Waals surface area contributed by atoms with Gasteiger partial charge in [-0.1, -0.05) is 0 Å². The van der Waals surface area contributed by atoms with Crippen molar-refractivity contribution in [3.63, 3.8) is 0 Å². The normalized spacial score (nSPS) is 8.16. The molecule has 0 heterocycles. The third-order valence-corrected chi connectivity index (χ3v) is 2.54. The third kappa shape index (κ3) is 18.4. The smallest absolute Gasteiger partial charge is 0.192 e. The molecule has 149 valence electrons. The van der Waals surface area contributed by atoms with Crippen LogP contribution in [0.1, 0.15) is 0 Å². The van der Waals surface area contributed by atoms with Gasteiger partial charge in [-0.25, -0.2) is 0 Å². The molecule has 3 radical (unpaired) electrons. The Kier molecular flexibility index (Phi) is 19.6. The van der Waals surface area contributed by atoms with Gasteiger partial charge in [-0.05, 0) is 0 Å². The Bertz CT molecular complexity index is 290. The summed E-state index contributed by atoms with van der Waals surface area (Å²) in [5, 5.41) is 21.8. The lowest BCUT2D eigenvalue weighted by Gasteiger charge is -2.19. The minimum atomic E-state index is 0. The Morgan fingerprint density at radius 2 is 0.440 bits per heavy atom. The summed E-state index contributed by atoms with van der Waals surface area (Å²) in [7, 11) is 22.2. The zero-order valence-corrected chi connectivity index (χ0v) is 19.0. The summed E-state index contributed by atoms with van der Waals surface area (Å²) >= 11 is 0. The van der Waals surface area contributed by atoms with Crippen LogP contribution in [0.2, 0.25) is 0 Å². The number of guanidine groups is 3. The van der Waals surface area contributed by atoms with Gasteiger partial charge in [0.1, 0.15) is 0 Å². The van der Waals surface area contributed by atoms with Gasteiger partial charge in [0.05, 0.1) is 0 Å². The molecule has 0 bridgehead atoms. The Morgan fingerprint density at radius 1 is 0.360 bits per heavy atom. The minimum absolute atomic E-state index is 0. The summed E-state index contributed by atoms with van der Waals surface area (Å²) in [4.78, 5) is 10.5. The molecule has 0 aromatic heterocycles. The zero-order valence-electron chi connectivity index (χ0n) is 18.1. The third-order valence-electron chi connectivity index (χ3n) is 2.54. The monoisotopic (exact) mass is 376 g/mol. The second kappa shape index (κ2) is 15.7. The van der Waals surface area contributed by atoms with Gasteiger partial charge in [0.25, 0.3) is 0 Å². The van der Waals surface area contributed by atoms with Crippen molar-refractivity contribution in [2.24, 2.45) is 0 Å². The maximum absolute atomic E-state index is 7.25. The molecule has 10 heteroatoms. The van der Waals surface area contributed by atoms with Crippen molar-refractivity contribution >= 4 is 27.8 Å². The molecular weight excluding hydrogens is 337 g/mol. The van der Waals surface area contributed by atoms with Crippen molar-refractivity contribution in [2.75, 3.05) is 84.6 Å². The van der Waals surface area contributed by atoms with Crippen molar-refractivity contribution in [1.29, 1.82) is 16.2 Å². The first-order valence-corrected chi connectivity index (χ1v) is 7.46. The van der Waals surface area contributed by atoms with Crippen LogP contribution in [0.5, 0.6) is 0 Å². The quantitative estimate of drug-likeness (QED) is 0.332. The second-order valence-electron chi connectivity index (χ2n) is 6.34. The van der Waals surface area contributed by atoms with Crippen molar-refractivity contribution in [3.8, 4) is 0 Å².